The van der Waals surface area contributed by atoms with E-state index in [0.717, 1.165) is 5.75 Å². The molecule has 0 spiro atoms. The molecule has 0 unspecified atom stereocenters. The van der Waals surface area contributed by atoms with Crippen LogP contribution in [0.2, 0.25) is 0 Å². The predicted molar refractivity (Wildman–Crippen MR) is 189 cm³/mol. The molecule has 0 fully saturated rings. The molecule has 4 aromatic carbocycles. The van der Waals surface area contributed by atoms with Crippen LogP contribution in [-0.2, 0) is 0 Å². The molecule has 0 aliphatic rings. The van der Waals surface area contributed by atoms with Crippen molar-refractivity contribution in [1.29, 1.82) is 0 Å². The number of phenols is 1. The fourth-order valence-corrected chi connectivity index (χ4v) is 4.31. The second-order valence-electron chi connectivity index (χ2n) is 9.98. The quantitative estimate of drug-likeness (QED) is 0.113. The molecule has 2 aromatic heterocycles. The van der Waals surface area contributed by atoms with E-state index in [1.165, 1.54) is 45.5 Å². The number of para-hydroxylation sites is 2. The molecular formula is C38H33BrF2N2O6U. The third kappa shape index (κ3) is 13.4. The first kappa shape index (κ1) is 39.8. The van der Waals surface area contributed by atoms with Crippen molar-refractivity contribution >= 4 is 15.9 Å². The molecule has 0 saturated heterocycles. The predicted octanol–water partition coefficient (Wildman–Crippen LogP) is 7.58. The van der Waals surface area contributed by atoms with E-state index in [9.17, 15) is 18.4 Å². The van der Waals surface area contributed by atoms with Gasteiger partial charge in [-0.3, -0.25) is 18.7 Å². The number of ether oxygens (including phenoxy) is 3. The van der Waals surface area contributed by atoms with Crippen LogP contribution in [0.25, 0.3) is 11.4 Å². The molecule has 50 heavy (non-hydrogen) atoms. The van der Waals surface area contributed by atoms with Crippen LogP contribution in [0.15, 0.2) is 155 Å². The Kier molecular flexibility index (Phi) is 17.1. The first-order valence-corrected chi connectivity index (χ1v) is 16.2. The smallest absolute Gasteiger partial charge is 0.258 e. The number of rotatable bonds is 10. The van der Waals surface area contributed by atoms with Crippen molar-refractivity contribution in [3.63, 3.8) is 0 Å². The van der Waals surface area contributed by atoms with Gasteiger partial charge in [-0.15, -0.1) is 0 Å². The molecule has 0 bridgehead atoms. The van der Waals surface area contributed by atoms with Crippen molar-refractivity contribution < 1.29 is 59.2 Å². The van der Waals surface area contributed by atoms with E-state index in [2.05, 4.69) is 15.9 Å². The van der Waals surface area contributed by atoms with Crippen LogP contribution in [0.5, 0.6) is 23.0 Å². The molecule has 6 aromatic rings. The first-order valence-electron chi connectivity index (χ1n) is 15.0. The zero-order valence-electron chi connectivity index (χ0n) is 26.7. The monoisotopic (exact) mass is 968 g/mol. The van der Waals surface area contributed by atoms with E-state index >= 15 is 0 Å². The van der Waals surface area contributed by atoms with E-state index in [0.29, 0.717) is 53.8 Å². The summed E-state index contributed by atoms with van der Waals surface area (Å²) in [4.78, 5) is 24.0. The van der Waals surface area contributed by atoms with E-state index in [4.69, 9.17) is 19.3 Å². The molecule has 1 N–H and O–H groups in total. The Labute approximate surface area is 320 Å². The first-order chi connectivity index (χ1) is 23.8. The molecule has 0 amide bonds. The van der Waals surface area contributed by atoms with Gasteiger partial charge in [0.1, 0.15) is 47.8 Å². The minimum absolute atomic E-state index is 0. The Morgan fingerprint density at radius 1 is 0.540 bits per heavy atom. The molecular weight excluding hydrogens is 936 g/mol. The Bertz CT molecular complexity index is 1980. The van der Waals surface area contributed by atoms with Crippen molar-refractivity contribution in [2.45, 2.75) is 0 Å². The van der Waals surface area contributed by atoms with E-state index in [1.807, 2.05) is 36.4 Å². The molecule has 0 radical (unpaired) electrons. The number of aromatic hydroxyl groups is 1. The van der Waals surface area contributed by atoms with Crippen molar-refractivity contribution in [3.05, 3.63) is 178 Å². The fraction of sp³-hybridized carbons (Fsp3) is 0.105. The number of phenolic OH excluding ortho intramolecular Hbond substituents is 1. The van der Waals surface area contributed by atoms with Gasteiger partial charge in [-0.05, 0) is 84.9 Å². The summed E-state index contributed by atoms with van der Waals surface area (Å²) in [5, 5.41) is 9.33. The third-order valence-electron chi connectivity index (χ3n) is 6.46. The minimum atomic E-state index is -0.342. The third-order valence-corrected chi connectivity index (χ3v) is 6.78. The number of hydrogen-bond donors (Lipinski definition) is 1. The second kappa shape index (κ2) is 21.5. The summed E-state index contributed by atoms with van der Waals surface area (Å²) in [6.07, 6.45) is 3.21. The summed E-state index contributed by atoms with van der Waals surface area (Å²) < 4.78 is 45.0. The Balaban J connectivity index is 0.000000228. The van der Waals surface area contributed by atoms with E-state index in [1.54, 1.807) is 73.1 Å². The van der Waals surface area contributed by atoms with Gasteiger partial charge in [0.25, 0.3) is 11.1 Å². The summed E-state index contributed by atoms with van der Waals surface area (Å²) in [5.74, 6) is 1.41. The Morgan fingerprint density at radius 2 is 0.940 bits per heavy atom. The maximum atomic E-state index is 12.9. The van der Waals surface area contributed by atoms with Crippen LogP contribution < -0.4 is 25.3 Å². The van der Waals surface area contributed by atoms with Gasteiger partial charge in [-0.25, -0.2) is 8.78 Å². The van der Waals surface area contributed by atoms with Crippen molar-refractivity contribution in [2.75, 3.05) is 25.2 Å². The van der Waals surface area contributed by atoms with Crippen LogP contribution in [-0.4, -0.2) is 39.4 Å². The molecule has 0 saturated carbocycles. The fourth-order valence-electron chi connectivity index (χ4n) is 4.15. The standard InChI is InChI=1S/C19H16FNO3.C13H11BrFNO2.C6H6O.U/c20-15-6-8-16(9-7-15)21-11-10-18(14-19(21)22)24-13-12-23-17-4-2-1-3-5-17;14-6-8-18-12-5-7-16(13(17)9-12)11-3-1-10(15)2-4-11;7-6-4-2-1-3-5-6;/h1-11,14H,12-13H2;1-5,7,9H,6,8H2;1-5,7H;. The largest absolute Gasteiger partial charge is 0.508 e. The Hall–Kier alpha value is -4.63. The van der Waals surface area contributed by atoms with Gasteiger partial charge in [0.15, 0.2) is 0 Å². The molecule has 2 heterocycles. The summed E-state index contributed by atoms with van der Waals surface area (Å²) in [7, 11) is 0. The molecule has 0 atom stereocenters. The molecule has 12 heteroatoms. The van der Waals surface area contributed by atoms with E-state index < -0.39 is 0 Å². The van der Waals surface area contributed by atoms with Crippen LogP contribution in [0.3, 0.4) is 0 Å². The van der Waals surface area contributed by atoms with Crippen LogP contribution in [0.4, 0.5) is 8.78 Å². The number of alkyl halides is 1. The number of benzene rings is 4. The van der Waals surface area contributed by atoms with Gasteiger partial charge < -0.3 is 19.3 Å². The summed E-state index contributed by atoms with van der Waals surface area (Å²) in [6.45, 7) is 1.21. The SMILES string of the molecule is O=c1cc(OCCBr)ccn1-c1ccc(F)cc1.O=c1cc(OCCOc2ccccc2)ccn1-c1ccc(F)cc1.Oc1ccccc1.[U]. The van der Waals surface area contributed by atoms with Gasteiger partial charge >= 0.3 is 0 Å². The summed E-state index contributed by atoms with van der Waals surface area (Å²) in [5.41, 5.74) is 0.755. The van der Waals surface area contributed by atoms with Gasteiger partial charge in [0.2, 0.25) is 0 Å². The van der Waals surface area contributed by atoms with Crippen LogP contribution in [0.1, 0.15) is 0 Å². The van der Waals surface area contributed by atoms with Gasteiger partial charge in [0, 0.05) is 72.3 Å². The Morgan fingerprint density at radius 3 is 1.32 bits per heavy atom. The molecule has 256 valence electrons. The topological polar surface area (TPSA) is 91.9 Å². The molecule has 6 rings (SSSR count). The zero-order chi connectivity index (χ0) is 34.8. The maximum Gasteiger partial charge on any atom is 0.258 e. The van der Waals surface area contributed by atoms with Crippen molar-refractivity contribution in [2.24, 2.45) is 0 Å². The van der Waals surface area contributed by atoms with Gasteiger partial charge in [0.05, 0.1) is 6.61 Å². The normalized spacial score (nSPS) is 9.90. The second-order valence-corrected chi connectivity index (χ2v) is 10.8. The van der Waals surface area contributed by atoms with Crippen molar-refractivity contribution in [3.8, 4) is 34.4 Å². The molecule has 8 nitrogen and oxygen atoms in total. The average molecular weight is 970 g/mol. The van der Waals surface area contributed by atoms with E-state index in [-0.39, 0.29) is 53.9 Å². The van der Waals surface area contributed by atoms with Gasteiger partial charge in [-0.2, -0.15) is 0 Å². The van der Waals surface area contributed by atoms with Gasteiger partial charge in [-0.1, -0.05) is 52.3 Å². The number of pyridine rings is 2. The summed E-state index contributed by atoms with van der Waals surface area (Å²) >= 11 is 3.24. The number of hydrogen-bond acceptors (Lipinski definition) is 6. The zero-order valence-corrected chi connectivity index (χ0v) is 32.5. The van der Waals surface area contributed by atoms with Crippen LogP contribution >= 0.6 is 15.9 Å². The number of halogens is 3. The number of aromatic nitrogens is 2. The molecule has 0 aliphatic carbocycles. The average Bonchev–Trinajstić information content (AvgIpc) is 3.12. The van der Waals surface area contributed by atoms with Crippen LogP contribution in [0, 0.1) is 42.7 Å². The summed E-state index contributed by atoms with van der Waals surface area (Å²) in [6, 6.07) is 35.8. The molecule has 0 aliphatic heterocycles. The number of nitrogens with zero attached hydrogens (tertiary/aromatic N) is 2. The minimum Gasteiger partial charge on any atom is -0.508 e. The maximum absolute atomic E-state index is 12.9. The van der Waals surface area contributed by atoms with Crippen molar-refractivity contribution in [1.82, 2.24) is 9.13 Å².